The molecule has 0 aliphatic carbocycles. The second kappa shape index (κ2) is 5.02. The van der Waals surface area contributed by atoms with Gasteiger partial charge in [0.2, 0.25) is 0 Å². The topological polar surface area (TPSA) is 41.5 Å². The van der Waals surface area contributed by atoms with Crippen molar-refractivity contribution in [2.45, 2.75) is 25.0 Å². The third-order valence-corrected chi connectivity index (χ3v) is 4.25. The average Bonchev–Trinajstić information content (AvgIpc) is 2.85. The number of ether oxygens (including phenoxy) is 1. The van der Waals surface area contributed by atoms with Crippen LogP contribution in [0.3, 0.4) is 0 Å². The minimum atomic E-state index is -0.699. The molecule has 1 aromatic heterocycles. The van der Waals surface area contributed by atoms with Crippen LogP contribution in [0, 0.1) is 0 Å². The first-order chi connectivity index (χ1) is 7.59. The molecule has 1 aliphatic rings. The van der Waals surface area contributed by atoms with Gasteiger partial charge in [-0.1, -0.05) is 11.6 Å². The zero-order valence-electron chi connectivity index (χ0n) is 9.20. The summed E-state index contributed by atoms with van der Waals surface area (Å²) >= 11 is 7.45. The quantitative estimate of drug-likeness (QED) is 0.873. The highest BCUT2D eigenvalue weighted by Crippen LogP contribution is 2.27. The number of aliphatic hydroxyl groups is 1. The van der Waals surface area contributed by atoms with Crippen molar-refractivity contribution >= 4 is 22.9 Å². The molecule has 0 aromatic carbocycles. The van der Waals surface area contributed by atoms with Crippen LogP contribution < -0.4 is 5.32 Å². The highest BCUT2D eigenvalue weighted by atomic mass is 35.5. The monoisotopic (exact) mass is 261 g/mol. The van der Waals surface area contributed by atoms with Gasteiger partial charge in [0.1, 0.15) is 5.60 Å². The summed E-state index contributed by atoms with van der Waals surface area (Å²) in [5, 5.41) is 13.4. The van der Waals surface area contributed by atoms with Gasteiger partial charge in [-0.15, -0.1) is 11.3 Å². The van der Waals surface area contributed by atoms with Crippen LogP contribution in [0.25, 0.3) is 0 Å². The predicted octanol–water partition coefficient (Wildman–Crippen LogP) is 2.20. The van der Waals surface area contributed by atoms with Gasteiger partial charge in [0.15, 0.2) is 0 Å². The van der Waals surface area contributed by atoms with Gasteiger partial charge in [-0.05, 0) is 19.1 Å². The molecule has 0 bridgehead atoms. The minimum Gasteiger partial charge on any atom is -0.386 e. The Morgan fingerprint density at radius 2 is 2.50 bits per heavy atom. The fourth-order valence-electron chi connectivity index (χ4n) is 1.74. The van der Waals surface area contributed by atoms with Crippen molar-refractivity contribution in [3.63, 3.8) is 0 Å². The molecule has 0 amide bonds. The van der Waals surface area contributed by atoms with Crippen LogP contribution in [-0.2, 0) is 4.74 Å². The van der Waals surface area contributed by atoms with Crippen molar-refractivity contribution in [3.05, 3.63) is 21.3 Å². The molecule has 5 heteroatoms. The van der Waals surface area contributed by atoms with Gasteiger partial charge in [-0.3, -0.25) is 0 Å². The Hall–Kier alpha value is -0.130. The van der Waals surface area contributed by atoms with Crippen molar-refractivity contribution < 1.29 is 9.84 Å². The second-order valence-corrected chi connectivity index (χ2v) is 6.02. The second-order valence-electron chi connectivity index (χ2n) is 4.27. The third kappa shape index (κ3) is 2.96. The molecule has 2 heterocycles. The van der Waals surface area contributed by atoms with Crippen molar-refractivity contribution in [3.8, 4) is 0 Å². The summed E-state index contributed by atoms with van der Waals surface area (Å²) in [6.07, 6.45) is 0.706. The molecule has 2 unspecified atom stereocenters. The Labute approximate surface area is 104 Å². The zero-order chi connectivity index (χ0) is 11.6. The molecule has 0 saturated carbocycles. The number of nitrogens with one attached hydrogen (secondary N) is 1. The molecule has 16 heavy (non-hydrogen) atoms. The summed E-state index contributed by atoms with van der Waals surface area (Å²) in [6.45, 7) is 3.71. The molecular formula is C11H16ClNO2S. The fraction of sp³-hybridized carbons (Fsp3) is 0.636. The largest absolute Gasteiger partial charge is 0.386 e. The van der Waals surface area contributed by atoms with Crippen LogP contribution in [0.4, 0.5) is 0 Å². The van der Waals surface area contributed by atoms with E-state index in [0.29, 0.717) is 26.2 Å². The molecule has 90 valence electrons. The zero-order valence-corrected chi connectivity index (χ0v) is 10.8. The minimum absolute atomic E-state index is 0.210. The van der Waals surface area contributed by atoms with Gasteiger partial charge in [0, 0.05) is 30.5 Å². The fourth-order valence-corrected chi connectivity index (χ4v) is 2.83. The molecule has 1 aromatic rings. The Balaban J connectivity index is 1.86. The highest BCUT2D eigenvalue weighted by molar-refractivity contribution is 7.16. The van der Waals surface area contributed by atoms with Crippen molar-refractivity contribution in [1.82, 2.24) is 5.32 Å². The Morgan fingerprint density at radius 1 is 1.69 bits per heavy atom. The van der Waals surface area contributed by atoms with Gasteiger partial charge in [-0.2, -0.15) is 0 Å². The van der Waals surface area contributed by atoms with E-state index in [0.717, 1.165) is 4.34 Å². The van der Waals surface area contributed by atoms with E-state index in [4.69, 9.17) is 16.3 Å². The van der Waals surface area contributed by atoms with Crippen LogP contribution in [0.5, 0.6) is 0 Å². The lowest BCUT2D eigenvalue weighted by molar-refractivity contribution is 0.0252. The Kier molecular flexibility index (Phi) is 3.87. The number of rotatable bonds is 4. The van der Waals surface area contributed by atoms with E-state index in [2.05, 4.69) is 12.2 Å². The molecule has 0 radical (unpaired) electrons. The lowest BCUT2D eigenvalue weighted by Gasteiger charge is -2.23. The Morgan fingerprint density at radius 3 is 3.06 bits per heavy atom. The predicted molar refractivity (Wildman–Crippen MR) is 66.1 cm³/mol. The van der Waals surface area contributed by atoms with Gasteiger partial charge < -0.3 is 15.2 Å². The smallest absolute Gasteiger partial charge is 0.103 e. The van der Waals surface area contributed by atoms with Crippen LogP contribution in [-0.4, -0.2) is 30.5 Å². The maximum atomic E-state index is 10.1. The molecule has 3 nitrogen and oxygen atoms in total. The number of halogens is 1. The summed E-state index contributed by atoms with van der Waals surface area (Å²) < 4.78 is 5.99. The first kappa shape index (κ1) is 12.3. The first-order valence-corrected chi connectivity index (χ1v) is 6.57. The lowest BCUT2D eigenvalue weighted by Crippen LogP contribution is -2.41. The molecular weight excluding hydrogens is 246 g/mol. The van der Waals surface area contributed by atoms with Gasteiger partial charge >= 0.3 is 0 Å². The SMILES string of the molecule is CC(NCC1(O)CCOC1)c1ccc(Cl)s1. The van der Waals surface area contributed by atoms with E-state index in [1.165, 1.54) is 4.88 Å². The van der Waals surface area contributed by atoms with Crippen molar-refractivity contribution in [2.75, 3.05) is 19.8 Å². The number of hydrogen-bond donors (Lipinski definition) is 2. The average molecular weight is 262 g/mol. The van der Waals surface area contributed by atoms with Crippen LogP contribution in [0.1, 0.15) is 24.3 Å². The third-order valence-electron chi connectivity index (χ3n) is 2.84. The summed E-state index contributed by atoms with van der Waals surface area (Å²) in [4.78, 5) is 1.19. The molecule has 2 N–H and O–H groups in total. The van der Waals surface area contributed by atoms with E-state index >= 15 is 0 Å². The summed E-state index contributed by atoms with van der Waals surface area (Å²) in [7, 11) is 0. The molecule has 2 rings (SSSR count). The van der Waals surface area contributed by atoms with Gasteiger partial charge in [0.25, 0.3) is 0 Å². The first-order valence-electron chi connectivity index (χ1n) is 5.38. The van der Waals surface area contributed by atoms with Crippen LogP contribution >= 0.6 is 22.9 Å². The van der Waals surface area contributed by atoms with Gasteiger partial charge in [0.05, 0.1) is 10.9 Å². The van der Waals surface area contributed by atoms with Crippen LogP contribution in [0.2, 0.25) is 4.34 Å². The molecule has 1 fully saturated rings. The number of thiophene rings is 1. The molecule has 2 atom stereocenters. The maximum absolute atomic E-state index is 10.1. The normalized spacial score (nSPS) is 27.2. The summed E-state index contributed by atoms with van der Waals surface area (Å²) in [5.74, 6) is 0. The number of hydrogen-bond acceptors (Lipinski definition) is 4. The van der Waals surface area contributed by atoms with E-state index in [1.54, 1.807) is 11.3 Å². The van der Waals surface area contributed by atoms with E-state index in [-0.39, 0.29) is 6.04 Å². The summed E-state index contributed by atoms with van der Waals surface area (Å²) in [5.41, 5.74) is -0.699. The summed E-state index contributed by atoms with van der Waals surface area (Å²) in [6, 6.07) is 4.12. The van der Waals surface area contributed by atoms with Crippen molar-refractivity contribution in [2.24, 2.45) is 0 Å². The van der Waals surface area contributed by atoms with E-state index in [1.807, 2.05) is 12.1 Å². The van der Waals surface area contributed by atoms with Crippen LogP contribution in [0.15, 0.2) is 12.1 Å². The molecule has 1 saturated heterocycles. The van der Waals surface area contributed by atoms with Gasteiger partial charge in [-0.25, -0.2) is 0 Å². The van der Waals surface area contributed by atoms with E-state index in [9.17, 15) is 5.11 Å². The lowest BCUT2D eigenvalue weighted by atomic mass is 10.0. The standard InChI is InChI=1S/C11H16ClNO2S/c1-8(9-2-3-10(12)16-9)13-6-11(14)4-5-15-7-11/h2-3,8,13-14H,4-7H2,1H3. The van der Waals surface area contributed by atoms with Crippen molar-refractivity contribution in [1.29, 1.82) is 0 Å². The Bertz CT molecular complexity index is 350. The van der Waals surface area contributed by atoms with E-state index < -0.39 is 5.60 Å². The maximum Gasteiger partial charge on any atom is 0.103 e. The molecule has 0 spiro atoms. The molecule has 1 aliphatic heterocycles. The highest BCUT2D eigenvalue weighted by Gasteiger charge is 2.32.